The van der Waals surface area contributed by atoms with E-state index in [0.29, 0.717) is 38.5 Å². The third-order valence-electron chi connectivity index (χ3n) is 3.08. The predicted molar refractivity (Wildman–Crippen MR) is 77.1 cm³/mol. The molecule has 2 rings (SSSR count). The normalized spacial score (nSPS) is 15.5. The summed E-state index contributed by atoms with van der Waals surface area (Å²) in [6.07, 6.45) is 0. The van der Waals surface area contributed by atoms with Crippen LogP contribution in [0.4, 0.5) is 11.4 Å². The van der Waals surface area contributed by atoms with Crippen LogP contribution in [0.5, 0.6) is 0 Å². The molecule has 1 saturated heterocycles. The Hall–Kier alpha value is -2.19. The summed E-state index contributed by atoms with van der Waals surface area (Å²) in [5.74, 6) is -0.321. The number of nitro benzene ring substituents is 1. The van der Waals surface area contributed by atoms with Gasteiger partial charge in [0.15, 0.2) is 0 Å². The Morgan fingerprint density at radius 2 is 2.14 bits per heavy atom. The van der Waals surface area contributed by atoms with Crippen LogP contribution in [-0.4, -0.2) is 48.7 Å². The summed E-state index contributed by atoms with van der Waals surface area (Å²) >= 11 is 0. The average Bonchev–Trinajstić information content (AvgIpc) is 2.48. The number of amides is 1. The predicted octanol–water partition coefficient (Wildman–Crippen LogP) is 1.00. The summed E-state index contributed by atoms with van der Waals surface area (Å²) in [7, 11) is 0. The van der Waals surface area contributed by atoms with Crippen molar-refractivity contribution in [3.63, 3.8) is 0 Å². The van der Waals surface area contributed by atoms with Gasteiger partial charge in [-0.2, -0.15) is 0 Å². The molecule has 0 atom stereocenters. The standard InChI is InChI=1S/C13H18N4O4/c1-2-14-13(18)10-3-4-11(12(9-10)17(19)20)15-16-5-7-21-8-6-16/h3-4,9,15H,2,5-8H2,1H3,(H,14,18). The van der Waals surface area contributed by atoms with E-state index in [9.17, 15) is 14.9 Å². The maximum atomic E-state index is 11.7. The summed E-state index contributed by atoms with van der Waals surface area (Å²) in [5.41, 5.74) is 3.53. The molecular formula is C13H18N4O4. The van der Waals surface area contributed by atoms with Gasteiger partial charge in [-0.3, -0.25) is 14.9 Å². The fourth-order valence-electron chi connectivity index (χ4n) is 2.03. The first-order valence-corrected chi connectivity index (χ1v) is 6.77. The zero-order chi connectivity index (χ0) is 15.2. The maximum Gasteiger partial charge on any atom is 0.294 e. The van der Waals surface area contributed by atoms with Gasteiger partial charge < -0.3 is 15.5 Å². The van der Waals surface area contributed by atoms with Crippen molar-refractivity contribution in [1.29, 1.82) is 0 Å². The number of hydrazine groups is 1. The second-order valence-electron chi connectivity index (χ2n) is 4.56. The van der Waals surface area contributed by atoms with Crippen LogP contribution >= 0.6 is 0 Å². The topological polar surface area (TPSA) is 96.7 Å². The van der Waals surface area contributed by atoms with Crippen molar-refractivity contribution < 1.29 is 14.5 Å². The number of carbonyl (C=O) groups is 1. The van der Waals surface area contributed by atoms with E-state index in [4.69, 9.17) is 4.74 Å². The minimum absolute atomic E-state index is 0.120. The molecule has 1 amide bonds. The Morgan fingerprint density at radius 1 is 1.43 bits per heavy atom. The van der Waals surface area contributed by atoms with Crippen LogP contribution in [0.25, 0.3) is 0 Å². The average molecular weight is 294 g/mol. The highest BCUT2D eigenvalue weighted by atomic mass is 16.6. The van der Waals surface area contributed by atoms with Crippen molar-refractivity contribution in [1.82, 2.24) is 10.3 Å². The summed E-state index contributed by atoms with van der Waals surface area (Å²) < 4.78 is 5.22. The van der Waals surface area contributed by atoms with E-state index in [-0.39, 0.29) is 17.2 Å². The lowest BCUT2D eigenvalue weighted by Gasteiger charge is -2.27. The number of carbonyl (C=O) groups excluding carboxylic acids is 1. The molecule has 1 aliphatic heterocycles. The molecule has 1 fully saturated rings. The number of ether oxygens (including phenoxy) is 1. The van der Waals surface area contributed by atoms with Crippen molar-refractivity contribution in [3.05, 3.63) is 33.9 Å². The number of nitrogens with zero attached hydrogens (tertiary/aromatic N) is 2. The second-order valence-corrected chi connectivity index (χ2v) is 4.56. The van der Waals surface area contributed by atoms with Crippen molar-refractivity contribution in [3.8, 4) is 0 Å². The van der Waals surface area contributed by atoms with Gasteiger partial charge >= 0.3 is 0 Å². The molecule has 1 aliphatic rings. The molecule has 1 aromatic rings. The van der Waals surface area contributed by atoms with Crippen molar-refractivity contribution in [2.24, 2.45) is 0 Å². The number of benzene rings is 1. The highest BCUT2D eigenvalue weighted by Crippen LogP contribution is 2.26. The molecule has 0 radical (unpaired) electrons. The molecular weight excluding hydrogens is 276 g/mol. The Bertz CT molecular complexity index is 529. The highest BCUT2D eigenvalue weighted by Gasteiger charge is 2.20. The Labute approximate surface area is 122 Å². The van der Waals surface area contributed by atoms with E-state index in [1.54, 1.807) is 19.1 Å². The van der Waals surface area contributed by atoms with E-state index in [0.717, 1.165) is 0 Å². The van der Waals surface area contributed by atoms with Gasteiger partial charge in [0, 0.05) is 31.3 Å². The van der Waals surface area contributed by atoms with Crippen molar-refractivity contribution >= 4 is 17.3 Å². The van der Waals surface area contributed by atoms with Crippen LogP contribution in [0.3, 0.4) is 0 Å². The van der Waals surface area contributed by atoms with Gasteiger partial charge in [0.05, 0.1) is 18.1 Å². The minimum Gasteiger partial charge on any atom is -0.379 e. The van der Waals surface area contributed by atoms with Gasteiger partial charge in [0.25, 0.3) is 11.6 Å². The lowest BCUT2D eigenvalue weighted by molar-refractivity contribution is -0.384. The molecule has 8 heteroatoms. The molecule has 0 spiro atoms. The molecule has 1 heterocycles. The SMILES string of the molecule is CCNC(=O)c1ccc(NN2CCOCC2)c([N+](=O)[O-])c1. The van der Waals surface area contributed by atoms with E-state index in [1.807, 2.05) is 5.01 Å². The Morgan fingerprint density at radius 3 is 2.76 bits per heavy atom. The number of hydrogen-bond acceptors (Lipinski definition) is 6. The van der Waals surface area contributed by atoms with Gasteiger partial charge in [-0.1, -0.05) is 0 Å². The monoisotopic (exact) mass is 294 g/mol. The molecule has 114 valence electrons. The third kappa shape index (κ3) is 3.89. The van der Waals surface area contributed by atoms with E-state index in [2.05, 4.69) is 10.7 Å². The summed E-state index contributed by atoms with van der Waals surface area (Å²) in [5, 5.41) is 15.7. The van der Waals surface area contributed by atoms with Crippen molar-refractivity contribution in [2.45, 2.75) is 6.92 Å². The molecule has 1 aromatic carbocycles. The number of nitrogens with one attached hydrogen (secondary N) is 2. The molecule has 0 aromatic heterocycles. The van der Waals surface area contributed by atoms with Crippen LogP contribution in [-0.2, 0) is 4.74 Å². The number of hydrogen-bond donors (Lipinski definition) is 2. The first kappa shape index (κ1) is 15.2. The van der Waals surface area contributed by atoms with E-state index >= 15 is 0 Å². The quantitative estimate of drug-likeness (QED) is 0.621. The molecule has 8 nitrogen and oxygen atoms in total. The third-order valence-corrected chi connectivity index (χ3v) is 3.08. The van der Waals surface area contributed by atoms with Gasteiger partial charge in [-0.15, -0.1) is 0 Å². The van der Waals surface area contributed by atoms with Crippen molar-refractivity contribution in [2.75, 3.05) is 38.3 Å². The number of rotatable bonds is 5. The first-order valence-electron chi connectivity index (χ1n) is 6.77. The van der Waals surface area contributed by atoms with Gasteiger partial charge in [-0.05, 0) is 19.1 Å². The van der Waals surface area contributed by atoms with Gasteiger partial charge in [0.1, 0.15) is 5.69 Å². The molecule has 21 heavy (non-hydrogen) atoms. The molecule has 0 bridgehead atoms. The molecule has 0 saturated carbocycles. The summed E-state index contributed by atoms with van der Waals surface area (Å²) in [4.78, 5) is 22.4. The lowest BCUT2D eigenvalue weighted by Crippen LogP contribution is -2.40. The second kappa shape index (κ2) is 7.00. The minimum atomic E-state index is -0.495. The van der Waals surface area contributed by atoms with Crippen LogP contribution in [0.15, 0.2) is 18.2 Å². The lowest BCUT2D eigenvalue weighted by atomic mass is 10.1. The highest BCUT2D eigenvalue weighted by molar-refractivity contribution is 5.95. The van der Waals surface area contributed by atoms with Crippen LogP contribution < -0.4 is 10.7 Å². The molecule has 2 N–H and O–H groups in total. The first-order chi connectivity index (χ1) is 10.1. The van der Waals surface area contributed by atoms with Gasteiger partial charge in [-0.25, -0.2) is 5.01 Å². The molecule has 0 aliphatic carbocycles. The zero-order valence-electron chi connectivity index (χ0n) is 11.8. The molecule has 0 unspecified atom stereocenters. The Kier molecular flexibility index (Phi) is 5.07. The number of nitro groups is 1. The van der Waals surface area contributed by atoms with Crippen LogP contribution in [0, 0.1) is 10.1 Å². The van der Waals surface area contributed by atoms with Gasteiger partial charge in [0.2, 0.25) is 0 Å². The van der Waals surface area contributed by atoms with E-state index < -0.39 is 4.92 Å². The Balaban J connectivity index is 2.20. The summed E-state index contributed by atoms with van der Waals surface area (Å²) in [6.45, 7) is 4.72. The van der Waals surface area contributed by atoms with Crippen LogP contribution in [0.2, 0.25) is 0 Å². The number of anilines is 1. The largest absolute Gasteiger partial charge is 0.379 e. The summed E-state index contributed by atoms with van der Waals surface area (Å²) in [6, 6.07) is 4.41. The fraction of sp³-hybridized carbons (Fsp3) is 0.462. The fourth-order valence-corrected chi connectivity index (χ4v) is 2.03. The number of morpholine rings is 1. The zero-order valence-corrected chi connectivity index (χ0v) is 11.8. The van der Waals surface area contributed by atoms with E-state index in [1.165, 1.54) is 6.07 Å². The van der Waals surface area contributed by atoms with Crippen LogP contribution in [0.1, 0.15) is 17.3 Å². The smallest absolute Gasteiger partial charge is 0.294 e. The maximum absolute atomic E-state index is 11.7.